The van der Waals surface area contributed by atoms with Gasteiger partial charge in [0.2, 0.25) is 5.82 Å². The largest absolute Gasteiger partial charge is 0.491 e. The third-order valence-corrected chi connectivity index (χ3v) is 6.93. The Morgan fingerprint density at radius 2 is 1.48 bits per heavy atom. The maximum atomic E-state index is 14.5. The Balaban J connectivity index is 1.42. The normalized spacial score (nSPS) is 19.0. The van der Waals surface area contributed by atoms with Crippen molar-refractivity contribution >= 4 is 10.8 Å². The number of benzene rings is 3. The maximum Gasteiger partial charge on any atom is 0.201 e. The second-order valence-corrected chi connectivity index (χ2v) is 8.86. The van der Waals surface area contributed by atoms with Gasteiger partial charge in [0, 0.05) is 5.39 Å². The molecule has 3 heteroatoms. The number of fused-ring (bicyclic) bond motifs is 1. The average molecular weight is 423 g/mol. The molecule has 164 valence electrons. The van der Waals surface area contributed by atoms with Gasteiger partial charge in [-0.05, 0) is 91.5 Å². The van der Waals surface area contributed by atoms with Crippen molar-refractivity contribution in [3.8, 4) is 5.75 Å². The first kappa shape index (κ1) is 21.8. The number of hydrogen-bond acceptors (Lipinski definition) is 1. The van der Waals surface area contributed by atoms with Crippen LogP contribution in [0.3, 0.4) is 0 Å². The first-order chi connectivity index (χ1) is 15.1. The fraction of sp³-hybridized carbons (Fsp3) is 0.429. The van der Waals surface area contributed by atoms with Gasteiger partial charge in [-0.1, -0.05) is 49.7 Å². The molecule has 0 atom stereocenters. The van der Waals surface area contributed by atoms with Crippen molar-refractivity contribution in [2.75, 3.05) is 6.61 Å². The molecule has 3 aromatic rings. The first-order valence-electron chi connectivity index (χ1n) is 11.7. The van der Waals surface area contributed by atoms with Crippen molar-refractivity contribution in [1.82, 2.24) is 0 Å². The Morgan fingerprint density at radius 3 is 2.16 bits per heavy atom. The Morgan fingerprint density at radius 1 is 0.806 bits per heavy atom. The Bertz CT molecular complexity index is 1020. The van der Waals surface area contributed by atoms with Crippen molar-refractivity contribution in [3.05, 3.63) is 76.9 Å². The minimum Gasteiger partial charge on any atom is -0.491 e. The second-order valence-electron chi connectivity index (χ2n) is 8.86. The zero-order valence-electron chi connectivity index (χ0n) is 18.6. The van der Waals surface area contributed by atoms with E-state index in [1.807, 2.05) is 12.1 Å². The maximum absolute atomic E-state index is 14.5. The average Bonchev–Trinajstić information content (AvgIpc) is 2.82. The van der Waals surface area contributed by atoms with Crippen molar-refractivity contribution in [2.45, 2.75) is 64.7 Å². The topological polar surface area (TPSA) is 9.23 Å². The lowest BCUT2D eigenvalue weighted by Crippen LogP contribution is -2.12. The summed E-state index contributed by atoms with van der Waals surface area (Å²) in [6.45, 7) is 4.37. The monoisotopic (exact) mass is 422 g/mol. The number of halogens is 2. The van der Waals surface area contributed by atoms with Gasteiger partial charge in [-0.2, -0.15) is 4.39 Å². The van der Waals surface area contributed by atoms with Gasteiger partial charge in [-0.25, -0.2) is 4.39 Å². The van der Waals surface area contributed by atoms with Gasteiger partial charge in [0.15, 0.2) is 11.6 Å². The van der Waals surface area contributed by atoms with Crippen LogP contribution < -0.4 is 4.74 Å². The molecular formula is C28H32F2O. The third-order valence-electron chi connectivity index (χ3n) is 6.93. The van der Waals surface area contributed by atoms with Crippen LogP contribution in [0.15, 0.2) is 48.5 Å². The van der Waals surface area contributed by atoms with Crippen molar-refractivity contribution in [3.63, 3.8) is 0 Å². The van der Waals surface area contributed by atoms with E-state index in [-0.39, 0.29) is 5.75 Å². The van der Waals surface area contributed by atoms with Crippen LogP contribution in [0.1, 0.15) is 68.6 Å². The van der Waals surface area contributed by atoms with Gasteiger partial charge in [0.1, 0.15) is 0 Å². The summed E-state index contributed by atoms with van der Waals surface area (Å²) in [6.07, 6.45) is 8.32. The lowest BCUT2D eigenvalue weighted by Gasteiger charge is -2.28. The molecule has 0 saturated heterocycles. The molecule has 0 amide bonds. The van der Waals surface area contributed by atoms with E-state index in [4.69, 9.17) is 4.74 Å². The van der Waals surface area contributed by atoms with E-state index in [0.717, 1.165) is 24.3 Å². The Hall–Kier alpha value is -2.42. The summed E-state index contributed by atoms with van der Waals surface area (Å²) in [5.74, 6) is -0.137. The molecule has 1 saturated carbocycles. The van der Waals surface area contributed by atoms with Crippen molar-refractivity contribution in [1.29, 1.82) is 0 Å². The highest BCUT2D eigenvalue weighted by Gasteiger charge is 2.21. The van der Waals surface area contributed by atoms with Gasteiger partial charge in [-0.3, -0.25) is 0 Å². The van der Waals surface area contributed by atoms with Crippen LogP contribution in [-0.2, 0) is 12.8 Å². The Kier molecular flexibility index (Phi) is 6.89. The van der Waals surface area contributed by atoms with Gasteiger partial charge < -0.3 is 4.74 Å². The molecule has 0 heterocycles. The second kappa shape index (κ2) is 9.80. The number of rotatable bonds is 7. The van der Waals surface area contributed by atoms with Crippen LogP contribution in [0.4, 0.5) is 8.78 Å². The molecule has 0 bridgehead atoms. The zero-order valence-corrected chi connectivity index (χ0v) is 18.6. The van der Waals surface area contributed by atoms with Crippen molar-refractivity contribution in [2.24, 2.45) is 5.92 Å². The molecule has 0 radical (unpaired) electrons. The van der Waals surface area contributed by atoms with Crippen LogP contribution in [0.25, 0.3) is 10.8 Å². The molecule has 31 heavy (non-hydrogen) atoms. The van der Waals surface area contributed by atoms with Crippen LogP contribution >= 0.6 is 0 Å². The number of ether oxygens (including phenoxy) is 1. The van der Waals surface area contributed by atoms with E-state index in [0.29, 0.717) is 23.3 Å². The van der Waals surface area contributed by atoms with Crippen LogP contribution in [0.2, 0.25) is 0 Å². The molecule has 1 aliphatic carbocycles. The highest BCUT2D eigenvalue weighted by Crippen LogP contribution is 2.37. The Labute approximate surface area is 184 Å². The molecule has 0 unspecified atom stereocenters. The SMILES string of the molecule is CCOc1cc2ccc(CCc3ccc(C4CCC(CC)CC4)cc3)cc2c(F)c1F. The van der Waals surface area contributed by atoms with E-state index >= 15 is 0 Å². The molecule has 3 aromatic carbocycles. The minimum absolute atomic E-state index is 0.0245. The van der Waals surface area contributed by atoms with Gasteiger partial charge in [0.25, 0.3) is 0 Å². The van der Waals surface area contributed by atoms with E-state index in [9.17, 15) is 8.78 Å². The standard InChI is InChI=1S/C28H32F2O/c1-3-19-7-12-22(13-8-19)23-14-9-20(10-15-23)5-6-21-11-16-24-18-26(31-4-2)28(30)27(29)25(24)17-21/h9-11,14-19,22H,3-8,12-13H2,1-2H3. The molecule has 0 aliphatic heterocycles. The smallest absolute Gasteiger partial charge is 0.201 e. The fourth-order valence-electron chi connectivity index (χ4n) is 4.92. The molecule has 0 aromatic heterocycles. The van der Waals surface area contributed by atoms with E-state index in [1.54, 1.807) is 19.1 Å². The zero-order chi connectivity index (χ0) is 21.8. The molecule has 1 fully saturated rings. The molecule has 1 nitrogen and oxygen atoms in total. The summed E-state index contributed by atoms with van der Waals surface area (Å²) in [4.78, 5) is 0. The van der Waals surface area contributed by atoms with Crippen LogP contribution in [0, 0.1) is 17.6 Å². The lowest BCUT2D eigenvalue weighted by atomic mass is 9.78. The molecular weight excluding hydrogens is 390 g/mol. The summed E-state index contributed by atoms with van der Waals surface area (Å²) in [7, 11) is 0. The van der Waals surface area contributed by atoms with Crippen LogP contribution in [0.5, 0.6) is 5.75 Å². The summed E-state index contributed by atoms with van der Waals surface area (Å²) in [6, 6.07) is 16.2. The van der Waals surface area contributed by atoms with Crippen molar-refractivity contribution < 1.29 is 13.5 Å². The van der Waals surface area contributed by atoms with Gasteiger partial charge in [-0.15, -0.1) is 0 Å². The minimum atomic E-state index is -0.907. The highest BCUT2D eigenvalue weighted by molar-refractivity contribution is 5.85. The highest BCUT2D eigenvalue weighted by atomic mass is 19.2. The fourth-order valence-corrected chi connectivity index (χ4v) is 4.92. The number of hydrogen-bond donors (Lipinski definition) is 0. The molecule has 0 spiro atoms. The predicted octanol–water partition coefficient (Wildman–Crippen LogP) is 7.99. The molecule has 4 rings (SSSR count). The summed E-state index contributed by atoms with van der Waals surface area (Å²) < 4.78 is 34.0. The summed E-state index contributed by atoms with van der Waals surface area (Å²) in [5, 5.41) is 0.977. The van der Waals surface area contributed by atoms with Gasteiger partial charge in [0.05, 0.1) is 6.61 Å². The lowest BCUT2D eigenvalue weighted by molar-refractivity contribution is 0.315. The predicted molar refractivity (Wildman–Crippen MR) is 124 cm³/mol. The quantitative estimate of drug-likeness (QED) is 0.375. The summed E-state index contributed by atoms with van der Waals surface area (Å²) >= 11 is 0. The van der Waals surface area contributed by atoms with Gasteiger partial charge >= 0.3 is 0 Å². The van der Waals surface area contributed by atoms with Crippen LogP contribution in [-0.4, -0.2) is 6.61 Å². The summed E-state index contributed by atoms with van der Waals surface area (Å²) in [5.41, 5.74) is 3.76. The third kappa shape index (κ3) is 4.92. The first-order valence-corrected chi connectivity index (χ1v) is 11.7. The van der Waals surface area contributed by atoms with E-state index < -0.39 is 11.6 Å². The number of aryl methyl sites for hydroxylation is 2. The van der Waals surface area contributed by atoms with E-state index in [1.165, 1.54) is 43.2 Å². The van der Waals surface area contributed by atoms with E-state index in [2.05, 4.69) is 31.2 Å². The molecule has 0 N–H and O–H groups in total. The molecule has 1 aliphatic rings.